The molecule has 0 aliphatic rings. The van der Waals surface area contributed by atoms with Crippen molar-refractivity contribution in [1.29, 1.82) is 0 Å². The Morgan fingerprint density at radius 3 is 2.36 bits per heavy atom. The second-order valence-electron chi connectivity index (χ2n) is 4.90. The molecule has 22 heavy (non-hydrogen) atoms. The summed E-state index contributed by atoms with van der Waals surface area (Å²) in [6, 6.07) is 13.3. The quantitative estimate of drug-likeness (QED) is 0.809. The van der Waals surface area contributed by atoms with Crippen molar-refractivity contribution >= 4 is 38.3 Å². The van der Waals surface area contributed by atoms with Crippen LogP contribution in [0.4, 0.5) is 5.69 Å². The van der Waals surface area contributed by atoms with Crippen LogP contribution in [0.1, 0.15) is 12.5 Å². The van der Waals surface area contributed by atoms with E-state index in [-0.39, 0.29) is 15.7 Å². The first-order valence-corrected chi connectivity index (χ1v) is 10.0. The van der Waals surface area contributed by atoms with Crippen LogP contribution < -0.4 is 5.32 Å². The number of sulfone groups is 1. The van der Waals surface area contributed by atoms with E-state index in [0.717, 1.165) is 17.2 Å². The van der Waals surface area contributed by atoms with Crippen LogP contribution in [0.15, 0.2) is 58.3 Å². The van der Waals surface area contributed by atoms with Crippen molar-refractivity contribution < 1.29 is 13.2 Å². The van der Waals surface area contributed by atoms with Crippen molar-refractivity contribution in [3.05, 3.63) is 54.1 Å². The van der Waals surface area contributed by atoms with Gasteiger partial charge in [0, 0.05) is 6.92 Å². The van der Waals surface area contributed by atoms with E-state index < -0.39 is 9.84 Å². The van der Waals surface area contributed by atoms with Crippen molar-refractivity contribution in [2.75, 3.05) is 5.32 Å². The molecule has 0 heterocycles. The van der Waals surface area contributed by atoms with Crippen LogP contribution in [-0.2, 0) is 21.1 Å². The summed E-state index contributed by atoms with van der Waals surface area (Å²) in [5.74, 6) is -0.236. The summed E-state index contributed by atoms with van der Waals surface area (Å²) >= 11 is 1.66. The van der Waals surface area contributed by atoms with Gasteiger partial charge in [-0.3, -0.25) is 4.79 Å². The van der Waals surface area contributed by atoms with Crippen LogP contribution in [-0.4, -0.2) is 31.2 Å². The third-order valence-electron chi connectivity index (χ3n) is 3.13. The van der Waals surface area contributed by atoms with E-state index >= 15 is 0 Å². The molecule has 1 atom stereocenters. The van der Waals surface area contributed by atoms with E-state index in [1.165, 1.54) is 19.1 Å². The second kappa shape index (κ2) is 7.12. The molecule has 0 fully saturated rings. The topological polar surface area (TPSA) is 63.2 Å². The van der Waals surface area contributed by atoms with Gasteiger partial charge in [-0.1, -0.05) is 0 Å². The molecule has 4 nitrogen and oxygen atoms in total. The van der Waals surface area contributed by atoms with Gasteiger partial charge in [-0.15, -0.1) is 0 Å². The maximum absolute atomic E-state index is 12.6. The third kappa shape index (κ3) is 3.99. The molecule has 0 aromatic heterocycles. The molecule has 116 valence electrons. The minimum absolute atomic E-state index is 0.172. The summed E-state index contributed by atoms with van der Waals surface area (Å²) in [6.07, 6.45) is 0.957. The van der Waals surface area contributed by atoms with Gasteiger partial charge in [0.15, 0.2) is 0 Å². The normalized spacial score (nSPS) is 11.2. The number of carbonyl (C=O) groups is 1. The van der Waals surface area contributed by atoms with Crippen molar-refractivity contribution in [3.63, 3.8) is 0 Å². The van der Waals surface area contributed by atoms with Crippen LogP contribution >= 0.6 is 0 Å². The summed E-state index contributed by atoms with van der Waals surface area (Å²) in [6.45, 7) is 1.38. The van der Waals surface area contributed by atoms with Gasteiger partial charge in [0.2, 0.25) is 0 Å². The Balaban J connectivity index is 2.35. The summed E-state index contributed by atoms with van der Waals surface area (Å²) in [5, 5.41) is 3.67. The fourth-order valence-corrected chi connectivity index (χ4v) is 4.09. The van der Waals surface area contributed by atoms with Gasteiger partial charge < -0.3 is 0 Å². The predicted octanol–water partition coefficient (Wildman–Crippen LogP) is 2.07. The van der Waals surface area contributed by atoms with E-state index in [1.54, 1.807) is 41.1 Å². The van der Waals surface area contributed by atoms with Crippen LogP contribution in [0.5, 0.6) is 0 Å². The Bertz CT molecular complexity index is 770. The number of hydrogen-bond donors (Lipinski definition) is 1. The van der Waals surface area contributed by atoms with Gasteiger partial charge in [0.1, 0.15) is 0 Å². The fourth-order valence-electron chi connectivity index (χ4n) is 2.08. The van der Waals surface area contributed by atoms with Crippen molar-refractivity contribution in [1.82, 2.24) is 0 Å². The molecule has 1 amide bonds. The number of amides is 1. The van der Waals surface area contributed by atoms with Gasteiger partial charge >= 0.3 is 128 Å². The first kappa shape index (κ1) is 16.8. The molecule has 0 spiro atoms. The Morgan fingerprint density at radius 1 is 1.09 bits per heavy atom. The van der Waals surface area contributed by atoms with Crippen LogP contribution in [0, 0.1) is 0 Å². The number of benzene rings is 2. The van der Waals surface area contributed by atoms with Gasteiger partial charge in [-0.05, 0) is 0 Å². The van der Waals surface area contributed by atoms with Crippen molar-refractivity contribution in [3.8, 4) is 0 Å². The molecular formula is C16H18AsNO3S. The fraction of sp³-hybridized carbons (Fsp3) is 0.188. The van der Waals surface area contributed by atoms with E-state index in [4.69, 9.17) is 0 Å². The standard InChI is InChI=1S/C16H18AsNO3S/c1-12(19)18-14-3-2-4-16(11-14)22(20,21)15-7-5-13(6-8-15)9-10-17/h2-8,11H,9-10,17H2,1H3,(H,18,19). The molecule has 6 heteroatoms. The molecule has 0 aliphatic carbocycles. The average Bonchev–Trinajstić information content (AvgIpc) is 2.48. The molecule has 2 aromatic carbocycles. The monoisotopic (exact) mass is 379 g/mol. The summed E-state index contributed by atoms with van der Waals surface area (Å²) in [5.41, 5.74) is 1.61. The zero-order valence-corrected chi connectivity index (χ0v) is 15.5. The second-order valence-corrected chi connectivity index (χ2v) is 8.06. The number of hydrogen-bond acceptors (Lipinski definition) is 3. The van der Waals surface area contributed by atoms with Crippen LogP contribution in [0.3, 0.4) is 0 Å². The Hall–Kier alpha value is -1.58. The van der Waals surface area contributed by atoms with E-state index in [9.17, 15) is 13.2 Å². The SMILES string of the molecule is CC(=O)Nc1cccc(S(=O)(=O)c2ccc(CC[AsH2])cc2)c1. The first-order valence-electron chi connectivity index (χ1n) is 6.85. The van der Waals surface area contributed by atoms with Gasteiger partial charge in [0.25, 0.3) is 0 Å². The third-order valence-corrected chi connectivity index (χ3v) is 5.50. The maximum atomic E-state index is 12.6. The zero-order valence-electron chi connectivity index (χ0n) is 12.2. The number of carbonyl (C=O) groups excluding carboxylic acids is 1. The number of nitrogens with one attached hydrogen (secondary N) is 1. The average molecular weight is 379 g/mol. The summed E-state index contributed by atoms with van der Waals surface area (Å²) in [7, 11) is -3.58. The zero-order chi connectivity index (χ0) is 16.2. The Kier molecular flexibility index (Phi) is 5.43. The minimum atomic E-state index is -3.58. The molecule has 0 saturated carbocycles. The molecule has 0 aliphatic heterocycles. The Morgan fingerprint density at radius 2 is 1.77 bits per heavy atom. The van der Waals surface area contributed by atoms with E-state index in [2.05, 4.69) is 5.32 Å². The number of aryl methyl sites for hydroxylation is 1. The molecule has 0 bridgehead atoms. The van der Waals surface area contributed by atoms with Crippen LogP contribution in [0.25, 0.3) is 0 Å². The molecule has 2 rings (SSSR count). The molecule has 1 unspecified atom stereocenters. The van der Waals surface area contributed by atoms with E-state index in [1.807, 2.05) is 12.1 Å². The predicted molar refractivity (Wildman–Crippen MR) is 89.7 cm³/mol. The summed E-state index contributed by atoms with van der Waals surface area (Å²) < 4.78 is 25.3. The van der Waals surface area contributed by atoms with Crippen LogP contribution in [0.2, 0.25) is 5.21 Å². The molecular weight excluding hydrogens is 361 g/mol. The van der Waals surface area contributed by atoms with E-state index in [0.29, 0.717) is 5.69 Å². The van der Waals surface area contributed by atoms with Crippen molar-refractivity contribution in [2.24, 2.45) is 0 Å². The van der Waals surface area contributed by atoms with Gasteiger partial charge in [-0.25, -0.2) is 0 Å². The molecule has 0 radical (unpaired) electrons. The Labute approximate surface area is 139 Å². The molecule has 2 aromatic rings. The summed E-state index contributed by atoms with van der Waals surface area (Å²) in [4.78, 5) is 11.5. The first-order chi connectivity index (χ1) is 10.4. The molecule has 0 saturated heterocycles. The number of anilines is 1. The van der Waals surface area contributed by atoms with Crippen molar-refractivity contribution in [2.45, 2.75) is 28.3 Å². The number of rotatable bonds is 5. The molecule has 1 N–H and O–H groups in total. The van der Waals surface area contributed by atoms with Gasteiger partial charge in [0.05, 0.1) is 0 Å². The van der Waals surface area contributed by atoms with Gasteiger partial charge in [-0.2, -0.15) is 0 Å².